The van der Waals surface area contributed by atoms with Crippen molar-refractivity contribution in [2.75, 3.05) is 13.1 Å². The molecule has 0 radical (unpaired) electrons. The van der Waals surface area contributed by atoms with E-state index < -0.39 is 11.9 Å². The summed E-state index contributed by atoms with van der Waals surface area (Å²) in [6.45, 7) is 4.79. The Morgan fingerprint density at radius 1 is 1.06 bits per heavy atom. The van der Waals surface area contributed by atoms with Gasteiger partial charge in [0.15, 0.2) is 5.69 Å². The first kappa shape index (κ1) is 22.4. The number of hydrogen-bond donors (Lipinski definition) is 0. The van der Waals surface area contributed by atoms with Gasteiger partial charge in [0.05, 0.1) is 28.6 Å². The zero-order chi connectivity index (χ0) is 23.0. The van der Waals surface area contributed by atoms with Crippen molar-refractivity contribution < 1.29 is 22.7 Å². The number of rotatable bonds is 3. The van der Waals surface area contributed by atoms with Gasteiger partial charge in [0, 0.05) is 24.2 Å². The van der Waals surface area contributed by atoms with Crippen LogP contribution in [0.25, 0.3) is 16.9 Å². The van der Waals surface area contributed by atoms with E-state index in [0.717, 1.165) is 6.07 Å². The molecule has 0 bridgehead atoms. The van der Waals surface area contributed by atoms with Gasteiger partial charge in [0.2, 0.25) is 0 Å². The van der Waals surface area contributed by atoms with Crippen LogP contribution in [0.2, 0.25) is 5.02 Å². The van der Waals surface area contributed by atoms with Crippen molar-refractivity contribution in [2.24, 2.45) is 0 Å². The Labute approximate surface area is 188 Å². The standard InChI is InChI=1S/C23H21ClF3N3O2/c1-14-12-29(13-15(2)32-14)22(31)17-9-7-16(8-10-17)20-11-21(23(25,26)27)28-30(20)19-6-4-3-5-18(19)24/h3-11,14-15H,12-13H2,1-2H3. The summed E-state index contributed by atoms with van der Waals surface area (Å²) in [7, 11) is 0. The smallest absolute Gasteiger partial charge is 0.372 e. The molecular formula is C23H21ClF3N3O2. The third-order valence-corrected chi connectivity index (χ3v) is 5.53. The van der Waals surface area contributed by atoms with E-state index in [1.54, 1.807) is 53.4 Å². The summed E-state index contributed by atoms with van der Waals surface area (Å²) in [5.74, 6) is -0.144. The van der Waals surface area contributed by atoms with Crippen molar-refractivity contribution in [3.8, 4) is 16.9 Å². The lowest BCUT2D eigenvalue weighted by Gasteiger charge is -2.35. The SMILES string of the molecule is CC1CN(C(=O)c2ccc(-c3cc(C(F)(F)F)nn3-c3ccccc3Cl)cc2)CC(C)O1. The zero-order valence-corrected chi connectivity index (χ0v) is 18.2. The highest BCUT2D eigenvalue weighted by atomic mass is 35.5. The second-order valence-electron chi connectivity index (χ2n) is 7.82. The molecule has 1 amide bonds. The molecule has 2 unspecified atom stereocenters. The Bertz CT molecular complexity index is 1120. The Balaban J connectivity index is 1.69. The van der Waals surface area contributed by atoms with E-state index in [0.29, 0.717) is 29.9 Å². The molecule has 2 aromatic carbocycles. The highest BCUT2D eigenvalue weighted by Crippen LogP contribution is 2.34. The molecule has 0 aliphatic carbocycles. The molecule has 1 aliphatic rings. The summed E-state index contributed by atoms with van der Waals surface area (Å²) in [6, 6.07) is 14.0. The number of morpholine rings is 1. The van der Waals surface area contributed by atoms with Crippen LogP contribution in [0.4, 0.5) is 13.2 Å². The first-order chi connectivity index (χ1) is 15.1. The lowest BCUT2D eigenvalue weighted by Crippen LogP contribution is -2.48. The summed E-state index contributed by atoms with van der Waals surface area (Å²) < 4.78 is 47.0. The summed E-state index contributed by atoms with van der Waals surface area (Å²) in [5.41, 5.74) is 0.459. The van der Waals surface area contributed by atoms with Gasteiger partial charge in [-0.3, -0.25) is 4.79 Å². The fourth-order valence-corrected chi connectivity index (χ4v) is 4.06. The van der Waals surface area contributed by atoms with E-state index >= 15 is 0 Å². The number of aromatic nitrogens is 2. The number of hydrogen-bond acceptors (Lipinski definition) is 3. The van der Waals surface area contributed by atoms with Crippen LogP contribution >= 0.6 is 11.6 Å². The first-order valence-electron chi connectivity index (χ1n) is 10.1. The monoisotopic (exact) mass is 463 g/mol. The highest BCUT2D eigenvalue weighted by Gasteiger charge is 2.35. The maximum Gasteiger partial charge on any atom is 0.435 e. The molecule has 0 N–H and O–H groups in total. The lowest BCUT2D eigenvalue weighted by atomic mass is 10.1. The summed E-state index contributed by atoms with van der Waals surface area (Å²) in [6.07, 6.45) is -4.73. The molecule has 1 aromatic heterocycles. The molecule has 4 rings (SSSR count). The second kappa shape index (κ2) is 8.60. The second-order valence-corrected chi connectivity index (χ2v) is 8.23. The van der Waals surface area contributed by atoms with E-state index in [1.165, 1.54) is 4.68 Å². The molecule has 0 saturated carbocycles. The average molecular weight is 464 g/mol. The Kier molecular flexibility index (Phi) is 6.01. The fraction of sp³-hybridized carbons (Fsp3) is 0.304. The van der Waals surface area contributed by atoms with Crippen LogP contribution in [0.3, 0.4) is 0 Å². The largest absolute Gasteiger partial charge is 0.435 e. The molecule has 0 spiro atoms. The molecule has 5 nitrogen and oxygen atoms in total. The maximum atomic E-state index is 13.4. The number of nitrogens with zero attached hydrogens (tertiary/aromatic N) is 3. The van der Waals surface area contributed by atoms with Gasteiger partial charge in [-0.05, 0) is 44.2 Å². The molecule has 168 valence electrons. The van der Waals surface area contributed by atoms with Crippen LogP contribution in [0.15, 0.2) is 54.6 Å². The maximum absolute atomic E-state index is 13.4. The Hall–Kier alpha value is -2.84. The number of ether oxygens (including phenoxy) is 1. The molecule has 32 heavy (non-hydrogen) atoms. The van der Waals surface area contributed by atoms with Gasteiger partial charge in [-0.2, -0.15) is 18.3 Å². The van der Waals surface area contributed by atoms with Crippen molar-refractivity contribution in [1.82, 2.24) is 14.7 Å². The van der Waals surface area contributed by atoms with Crippen molar-refractivity contribution >= 4 is 17.5 Å². The molecule has 1 fully saturated rings. The normalized spacial score (nSPS) is 19.2. The van der Waals surface area contributed by atoms with Crippen molar-refractivity contribution in [2.45, 2.75) is 32.2 Å². The minimum absolute atomic E-state index is 0.0623. The Morgan fingerprint density at radius 3 is 2.28 bits per heavy atom. The molecule has 2 heterocycles. The van der Waals surface area contributed by atoms with Crippen molar-refractivity contribution in [1.29, 1.82) is 0 Å². The average Bonchev–Trinajstić information content (AvgIpc) is 3.19. The number of halogens is 4. The number of para-hydroxylation sites is 1. The minimum Gasteiger partial charge on any atom is -0.372 e. The van der Waals surface area contributed by atoms with Crippen molar-refractivity contribution in [3.05, 3.63) is 70.9 Å². The van der Waals surface area contributed by atoms with E-state index in [4.69, 9.17) is 16.3 Å². The van der Waals surface area contributed by atoms with Gasteiger partial charge in [-0.1, -0.05) is 35.9 Å². The van der Waals surface area contributed by atoms with Crippen LogP contribution in [0, 0.1) is 0 Å². The van der Waals surface area contributed by atoms with Crippen LogP contribution < -0.4 is 0 Å². The van der Waals surface area contributed by atoms with Gasteiger partial charge in [0.25, 0.3) is 5.91 Å². The summed E-state index contributed by atoms with van der Waals surface area (Å²) >= 11 is 6.22. The summed E-state index contributed by atoms with van der Waals surface area (Å²) in [5, 5.41) is 4.03. The van der Waals surface area contributed by atoms with Gasteiger partial charge >= 0.3 is 6.18 Å². The number of benzene rings is 2. The molecule has 3 aromatic rings. The minimum atomic E-state index is -4.61. The zero-order valence-electron chi connectivity index (χ0n) is 17.4. The first-order valence-corrected chi connectivity index (χ1v) is 10.5. The third kappa shape index (κ3) is 4.52. The number of carbonyl (C=O) groups excluding carboxylic acids is 1. The number of carbonyl (C=O) groups is 1. The van der Waals surface area contributed by atoms with E-state index in [-0.39, 0.29) is 28.8 Å². The third-order valence-electron chi connectivity index (χ3n) is 5.21. The van der Waals surface area contributed by atoms with Crippen LogP contribution in [-0.2, 0) is 10.9 Å². The summed E-state index contributed by atoms with van der Waals surface area (Å²) in [4.78, 5) is 14.6. The van der Waals surface area contributed by atoms with E-state index in [2.05, 4.69) is 5.10 Å². The van der Waals surface area contributed by atoms with Gasteiger partial charge in [-0.25, -0.2) is 4.68 Å². The van der Waals surface area contributed by atoms with Crippen LogP contribution in [-0.4, -0.2) is 45.9 Å². The van der Waals surface area contributed by atoms with E-state index in [1.807, 2.05) is 13.8 Å². The van der Waals surface area contributed by atoms with Crippen LogP contribution in [0.5, 0.6) is 0 Å². The number of amides is 1. The molecule has 2 atom stereocenters. The Morgan fingerprint density at radius 2 is 1.69 bits per heavy atom. The predicted molar refractivity (Wildman–Crippen MR) is 115 cm³/mol. The topological polar surface area (TPSA) is 47.4 Å². The molecule has 9 heteroatoms. The molecule has 1 aliphatic heterocycles. The van der Waals surface area contributed by atoms with Gasteiger partial charge in [-0.15, -0.1) is 0 Å². The van der Waals surface area contributed by atoms with Crippen LogP contribution in [0.1, 0.15) is 29.9 Å². The lowest BCUT2D eigenvalue weighted by molar-refractivity contribution is -0.141. The van der Waals surface area contributed by atoms with Crippen molar-refractivity contribution in [3.63, 3.8) is 0 Å². The molecule has 1 saturated heterocycles. The highest BCUT2D eigenvalue weighted by molar-refractivity contribution is 6.32. The molecular weight excluding hydrogens is 443 g/mol. The predicted octanol–water partition coefficient (Wildman–Crippen LogP) is 5.46. The van der Waals surface area contributed by atoms with Gasteiger partial charge in [0.1, 0.15) is 0 Å². The fourth-order valence-electron chi connectivity index (χ4n) is 3.84. The van der Waals surface area contributed by atoms with Gasteiger partial charge < -0.3 is 9.64 Å². The quantitative estimate of drug-likeness (QED) is 0.518. The van der Waals surface area contributed by atoms with E-state index in [9.17, 15) is 18.0 Å². The number of alkyl halides is 3.